The molecule has 1 aliphatic heterocycles. The Hall–Kier alpha value is -1.44. The van der Waals surface area contributed by atoms with Crippen molar-refractivity contribution in [1.29, 1.82) is 0 Å². The van der Waals surface area contributed by atoms with Crippen molar-refractivity contribution in [2.45, 2.75) is 18.8 Å². The van der Waals surface area contributed by atoms with Gasteiger partial charge >= 0.3 is 6.18 Å². The van der Waals surface area contributed by atoms with Crippen molar-refractivity contribution in [1.82, 2.24) is 9.88 Å². The fraction of sp³-hybridized carbons (Fsp3) is 0.400. The van der Waals surface area contributed by atoms with E-state index in [1.165, 1.54) is 23.5 Å². The van der Waals surface area contributed by atoms with Gasteiger partial charge in [0.1, 0.15) is 11.1 Å². The molecule has 0 spiro atoms. The van der Waals surface area contributed by atoms with Crippen molar-refractivity contribution >= 4 is 11.3 Å². The predicted octanol–water partition coefficient (Wildman–Crippen LogP) is 3.74. The maximum atomic E-state index is 13.1. The van der Waals surface area contributed by atoms with Gasteiger partial charge in [0.05, 0.1) is 12.2 Å². The lowest BCUT2D eigenvalue weighted by Gasteiger charge is -2.32. The monoisotopic (exact) mass is 328 g/mol. The van der Waals surface area contributed by atoms with Crippen LogP contribution in [-0.2, 0) is 17.5 Å². The van der Waals surface area contributed by atoms with Gasteiger partial charge in [-0.15, -0.1) is 11.3 Å². The summed E-state index contributed by atoms with van der Waals surface area (Å²) in [5.74, 6) is 0. The number of rotatable bonds is 3. The molecule has 2 heterocycles. The Bertz CT molecular complexity index is 616. The number of thiazole rings is 1. The molecule has 1 atom stereocenters. The summed E-state index contributed by atoms with van der Waals surface area (Å²) in [5, 5.41) is 2.74. The Balaban J connectivity index is 1.74. The number of benzene rings is 1. The number of hydrogen-bond acceptors (Lipinski definition) is 4. The van der Waals surface area contributed by atoms with Crippen LogP contribution in [0.1, 0.15) is 22.2 Å². The first-order valence-corrected chi connectivity index (χ1v) is 7.80. The molecule has 2 aromatic rings. The van der Waals surface area contributed by atoms with E-state index in [1.54, 1.807) is 12.3 Å². The molecule has 0 amide bonds. The molecular formula is C15H15F3N2OS. The predicted molar refractivity (Wildman–Crippen MR) is 77.5 cm³/mol. The Morgan fingerprint density at radius 3 is 2.86 bits per heavy atom. The van der Waals surface area contributed by atoms with Crippen LogP contribution in [-0.4, -0.2) is 29.6 Å². The van der Waals surface area contributed by atoms with Crippen molar-refractivity contribution in [2.75, 3.05) is 19.7 Å². The average molecular weight is 328 g/mol. The van der Waals surface area contributed by atoms with Gasteiger partial charge in [0.2, 0.25) is 0 Å². The average Bonchev–Trinajstić information content (AvgIpc) is 3.01. The molecule has 7 heteroatoms. The van der Waals surface area contributed by atoms with Crippen LogP contribution in [0.2, 0.25) is 0 Å². The lowest BCUT2D eigenvalue weighted by Crippen LogP contribution is -2.38. The number of hydrogen-bond donors (Lipinski definition) is 0. The number of morpholine rings is 1. The normalized spacial score (nSPS) is 20.2. The minimum absolute atomic E-state index is 0.160. The third-order valence-corrected chi connectivity index (χ3v) is 4.46. The summed E-state index contributed by atoms with van der Waals surface area (Å²) in [6.45, 7) is 1.94. The molecule has 0 radical (unpaired) electrons. The highest BCUT2D eigenvalue weighted by Gasteiger charge is 2.34. The van der Waals surface area contributed by atoms with Gasteiger partial charge in [0.25, 0.3) is 0 Å². The van der Waals surface area contributed by atoms with Gasteiger partial charge in [-0.1, -0.05) is 18.2 Å². The summed E-state index contributed by atoms with van der Waals surface area (Å²) in [7, 11) is 0. The smallest absolute Gasteiger partial charge is 0.368 e. The van der Waals surface area contributed by atoms with Crippen molar-refractivity contribution in [3.8, 4) is 0 Å². The second-order valence-corrected chi connectivity index (χ2v) is 6.05. The van der Waals surface area contributed by atoms with Crippen molar-refractivity contribution < 1.29 is 17.9 Å². The molecule has 1 fully saturated rings. The molecule has 0 unspecified atom stereocenters. The zero-order chi connectivity index (χ0) is 15.6. The van der Waals surface area contributed by atoms with E-state index in [9.17, 15) is 13.2 Å². The maximum Gasteiger partial charge on any atom is 0.416 e. The van der Waals surface area contributed by atoms with E-state index >= 15 is 0 Å². The lowest BCUT2D eigenvalue weighted by atomic mass is 10.1. The molecule has 1 aromatic heterocycles. The summed E-state index contributed by atoms with van der Waals surface area (Å²) in [4.78, 5) is 6.21. The van der Waals surface area contributed by atoms with Crippen molar-refractivity contribution in [2.24, 2.45) is 0 Å². The number of ether oxygens (including phenoxy) is 1. The highest BCUT2D eigenvalue weighted by molar-refractivity contribution is 7.09. The molecule has 1 aromatic carbocycles. The van der Waals surface area contributed by atoms with Crippen LogP contribution in [0.15, 0.2) is 35.8 Å². The topological polar surface area (TPSA) is 25.4 Å². The summed E-state index contributed by atoms with van der Waals surface area (Å²) >= 11 is 1.50. The molecule has 0 aliphatic carbocycles. The van der Waals surface area contributed by atoms with E-state index < -0.39 is 11.7 Å². The molecule has 22 heavy (non-hydrogen) atoms. The van der Waals surface area contributed by atoms with Crippen molar-refractivity contribution in [3.63, 3.8) is 0 Å². The molecule has 1 saturated heterocycles. The standard InChI is InChI=1S/C15H15F3N2OS/c16-15(17,18)12-4-2-1-3-11(12)9-20-6-7-21-13(10-20)14-19-5-8-22-14/h1-5,8,13H,6-7,9-10H2/t13-/m0/s1. The summed E-state index contributed by atoms with van der Waals surface area (Å²) in [5.41, 5.74) is -0.262. The minimum Gasteiger partial charge on any atom is -0.368 e. The highest BCUT2D eigenvalue weighted by atomic mass is 32.1. The van der Waals surface area contributed by atoms with E-state index in [0.717, 1.165) is 11.1 Å². The third kappa shape index (κ3) is 3.48. The molecular weight excluding hydrogens is 313 g/mol. The molecule has 0 N–H and O–H groups in total. The molecule has 1 aliphatic rings. The van der Waals surface area contributed by atoms with Gasteiger partial charge in [0.15, 0.2) is 0 Å². The first-order valence-electron chi connectivity index (χ1n) is 6.92. The Labute approximate surface area is 130 Å². The van der Waals surface area contributed by atoms with E-state index in [4.69, 9.17) is 4.74 Å². The quantitative estimate of drug-likeness (QED) is 0.858. The molecule has 3 rings (SSSR count). The third-order valence-electron chi connectivity index (χ3n) is 3.59. The van der Waals surface area contributed by atoms with Gasteiger partial charge in [-0.2, -0.15) is 13.2 Å². The zero-order valence-electron chi connectivity index (χ0n) is 11.7. The van der Waals surface area contributed by atoms with Gasteiger partial charge in [-0.25, -0.2) is 4.98 Å². The van der Waals surface area contributed by atoms with Gasteiger partial charge < -0.3 is 4.74 Å². The van der Waals surface area contributed by atoms with E-state index in [2.05, 4.69) is 4.98 Å². The second kappa shape index (κ2) is 6.36. The zero-order valence-corrected chi connectivity index (χ0v) is 12.5. The Kier molecular flexibility index (Phi) is 4.46. The molecule has 3 nitrogen and oxygen atoms in total. The summed E-state index contributed by atoms with van der Waals surface area (Å²) in [6, 6.07) is 5.73. The number of halogens is 3. The SMILES string of the molecule is FC(F)(F)c1ccccc1CN1CCO[C@H](c2nccs2)C1. The number of aromatic nitrogens is 1. The highest BCUT2D eigenvalue weighted by Crippen LogP contribution is 2.33. The van der Waals surface area contributed by atoms with Crippen LogP contribution in [0.25, 0.3) is 0 Å². The van der Waals surface area contributed by atoms with Gasteiger partial charge in [0, 0.05) is 31.2 Å². The van der Waals surface area contributed by atoms with E-state index in [-0.39, 0.29) is 12.6 Å². The van der Waals surface area contributed by atoms with Crippen LogP contribution in [0, 0.1) is 0 Å². The van der Waals surface area contributed by atoms with E-state index in [1.807, 2.05) is 10.3 Å². The van der Waals surface area contributed by atoms with Crippen LogP contribution in [0.4, 0.5) is 13.2 Å². The number of nitrogens with zero attached hydrogens (tertiary/aromatic N) is 2. The molecule has 0 bridgehead atoms. The first-order chi connectivity index (χ1) is 10.5. The second-order valence-electron chi connectivity index (χ2n) is 5.12. The molecule has 0 saturated carbocycles. The Morgan fingerprint density at radius 2 is 2.14 bits per heavy atom. The fourth-order valence-electron chi connectivity index (χ4n) is 2.56. The van der Waals surface area contributed by atoms with Crippen LogP contribution in [0.5, 0.6) is 0 Å². The first kappa shape index (κ1) is 15.5. The fourth-order valence-corrected chi connectivity index (χ4v) is 3.24. The van der Waals surface area contributed by atoms with Crippen LogP contribution >= 0.6 is 11.3 Å². The number of alkyl halides is 3. The van der Waals surface area contributed by atoms with Crippen molar-refractivity contribution in [3.05, 3.63) is 52.0 Å². The minimum atomic E-state index is -4.32. The van der Waals surface area contributed by atoms with E-state index in [0.29, 0.717) is 25.3 Å². The van der Waals surface area contributed by atoms with Gasteiger partial charge in [-0.05, 0) is 11.6 Å². The largest absolute Gasteiger partial charge is 0.416 e. The maximum absolute atomic E-state index is 13.1. The summed E-state index contributed by atoms with van der Waals surface area (Å²) < 4.78 is 44.8. The Morgan fingerprint density at radius 1 is 1.32 bits per heavy atom. The summed E-state index contributed by atoms with van der Waals surface area (Å²) in [6.07, 6.45) is -2.77. The van der Waals surface area contributed by atoms with Crippen LogP contribution in [0.3, 0.4) is 0 Å². The molecule has 118 valence electrons. The van der Waals surface area contributed by atoms with Crippen LogP contribution < -0.4 is 0 Å². The lowest BCUT2D eigenvalue weighted by molar-refractivity contribution is -0.138. The van der Waals surface area contributed by atoms with Gasteiger partial charge in [-0.3, -0.25) is 4.90 Å².